The van der Waals surface area contributed by atoms with E-state index in [-0.39, 0.29) is 11.9 Å². The molecule has 4 heteroatoms. The largest absolute Gasteiger partial charge is 0.508 e. The van der Waals surface area contributed by atoms with E-state index in [4.69, 9.17) is 4.74 Å². The molecule has 1 aromatic carbocycles. The zero-order chi connectivity index (χ0) is 13.7. The van der Waals surface area contributed by atoms with Crippen LogP contribution in [0.1, 0.15) is 25.3 Å². The highest BCUT2D eigenvalue weighted by atomic mass is 16.5. The Morgan fingerprint density at radius 3 is 3.00 bits per heavy atom. The number of hydrogen-bond acceptors (Lipinski definition) is 4. The zero-order valence-electron chi connectivity index (χ0n) is 11.3. The second kappa shape index (κ2) is 6.57. The first kappa shape index (κ1) is 13.9. The van der Waals surface area contributed by atoms with Crippen LogP contribution in [0.3, 0.4) is 0 Å². The summed E-state index contributed by atoms with van der Waals surface area (Å²) in [6.45, 7) is 4.63. The number of benzene rings is 1. The summed E-state index contributed by atoms with van der Waals surface area (Å²) in [5.41, 5.74) is 0.909. The number of phenols is 1. The molecule has 0 saturated carbocycles. The number of para-hydroxylation sites is 1. The highest BCUT2D eigenvalue weighted by Gasteiger charge is 2.26. The molecule has 0 spiro atoms. The summed E-state index contributed by atoms with van der Waals surface area (Å²) in [6.07, 6.45) is 1.90. The van der Waals surface area contributed by atoms with Crippen LogP contribution in [0.5, 0.6) is 5.75 Å². The molecule has 0 aliphatic carbocycles. The van der Waals surface area contributed by atoms with Crippen molar-refractivity contribution in [3.05, 3.63) is 29.8 Å². The van der Waals surface area contributed by atoms with Gasteiger partial charge < -0.3 is 9.84 Å². The molecule has 1 fully saturated rings. The van der Waals surface area contributed by atoms with Crippen LogP contribution >= 0.6 is 0 Å². The standard InChI is InChI=1S/C15H21NO3/c1-2-19-15(18)13-7-5-9-16(11-13)10-12-6-3-4-8-14(12)17/h3-4,6,8,13,17H,2,5,7,9-11H2,1H3. The number of hydrogen-bond donors (Lipinski definition) is 1. The molecule has 0 radical (unpaired) electrons. The first-order valence-electron chi connectivity index (χ1n) is 6.86. The van der Waals surface area contributed by atoms with Crippen molar-refractivity contribution in [1.29, 1.82) is 0 Å². The molecule has 104 valence electrons. The van der Waals surface area contributed by atoms with Crippen LogP contribution < -0.4 is 0 Å². The molecular weight excluding hydrogens is 242 g/mol. The van der Waals surface area contributed by atoms with Crippen molar-refractivity contribution in [3.8, 4) is 5.75 Å². The third kappa shape index (κ3) is 3.70. The molecule has 4 nitrogen and oxygen atoms in total. The number of rotatable bonds is 4. The van der Waals surface area contributed by atoms with Crippen molar-refractivity contribution in [3.63, 3.8) is 0 Å². The Labute approximate surface area is 114 Å². The van der Waals surface area contributed by atoms with E-state index < -0.39 is 0 Å². The maximum absolute atomic E-state index is 11.8. The normalized spacial score (nSPS) is 20.2. The predicted octanol–water partition coefficient (Wildman–Crippen LogP) is 2.17. The van der Waals surface area contributed by atoms with Crippen LogP contribution in [0.4, 0.5) is 0 Å². The fraction of sp³-hybridized carbons (Fsp3) is 0.533. The maximum atomic E-state index is 11.8. The van der Waals surface area contributed by atoms with E-state index in [1.165, 1.54) is 0 Å². The molecule has 0 amide bonds. The van der Waals surface area contributed by atoms with Gasteiger partial charge in [0, 0.05) is 18.7 Å². The summed E-state index contributed by atoms with van der Waals surface area (Å²) in [6, 6.07) is 7.35. The van der Waals surface area contributed by atoms with Gasteiger partial charge in [-0.2, -0.15) is 0 Å². The van der Waals surface area contributed by atoms with Gasteiger partial charge in [-0.25, -0.2) is 0 Å². The maximum Gasteiger partial charge on any atom is 0.310 e. The second-order valence-corrected chi connectivity index (χ2v) is 4.96. The SMILES string of the molecule is CCOC(=O)C1CCCN(Cc2ccccc2O)C1. The average molecular weight is 263 g/mol. The van der Waals surface area contributed by atoms with Gasteiger partial charge in [0.15, 0.2) is 0 Å². The van der Waals surface area contributed by atoms with E-state index in [1.54, 1.807) is 6.07 Å². The third-order valence-corrected chi connectivity index (χ3v) is 3.51. The summed E-state index contributed by atoms with van der Waals surface area (Å²) in [7, 11) is 0. The van der Waals surface area contributed by atoms with Gasteiger partial charge in [0.25, 0.3) is 0 Å². The quantitative estimate of drug-likeness (QED) is 0.846. The third-order valence-electron chi connectivity index (χ3n) is 3.51. The number of likely N-dealkylation sites (tertiary alicyclic amines) is 1. The molecule has 1 unspecified atom stereocenters. The van der Waals surface area contributed by atoms with Gasteiger partial charge >= 0.3 is 5.97 Å². The Morgan fingerprint density at radius 2 is 2.26 bits per heavy atom. The van der Waals surface area contributed by atoms with Gasteiger partial charge in [0.05, 0.1) is 12.5 Å². The van der Waals surface area contributed by atoms with E-state index >= 15 is 0 Å². The van der Waals surface area contributed by atoms with E-state index in [2.05, 4.69) is 4.90 Å². The monoisotopic (exact) mass is 263 g/mol. The number of carbonyl (C=O) groups is 1. The minimum atomic E-state index is -0.0931. The molecule has 0 bridgehead atoms. The lowest BCUT2D eigenvalue weighted by atomic mass is 9.97. The summed E-state index contributed by atoms with van der Waals surface area (Å²) in [4.78, 5) is 14.0. The smallest absolute Gasteiger partial charge is 0.310 e. The number of carbonyl (C=O) groups excluding carboxylic acids is 1. The Bertz CT molecular complexity index is 433. The molecule has 0 aromatic heterocycles. The average Bonchev–Trinajstić information content (AvgIpc) is 2.42. The Balaban J connectivity index is 1.94. The molecule has 1 N–H and O–H groups in total. The second-order valence-electron chi connectivity index (χ2n) is 4.96. The van der Waals surface area contributed by atoms with Gasteiger partial charge in [0.2, 0.25) is 0 Å². The molecule has 1 saturated heterocycles. The lowest BCUT2D eigenvalue weighted by molar-refractivity contribution is -0.150. The fourth-order valence-corrected chi connectivity index (χ4v) is 2.54. The topological polar surface area (TPSA) is 49.8 Å². The minimum absolute atomic E-state index is 0.0282. The highest BCUT2D eigenvalue weighted by molar-refractivity contribution is 5.72. The molecule has 1 aromatic rings. The Hall–Kier alpha value is -1.55. The van der Waals surface area contributed by atoms with E-state index in [9.17, 15) is 9.90 Å². The van der Waals surface area contributed by atoms with Gasteiger partial charge in [-0.3, -0.25) is 9.69 Å². The van der Waals surface area contributed by atoms with E-state index in [0.29, 0.717) is 25.4 Å². The van der Waals surface area contributed by atoms with Gasteiger partial charge in [-0.05, 0) is 32.4 Å². The number of esters is 1. The minimum Gasteiger partial charge on any atom is -0.508 e. The first-order chi connectivity index (χ1) is 9.20. The molecule has 2 rings (SSSR count). The first-order valence-corrected chi connectivity index (χ1v) is 6.86. The molecule has 19 heavy (non-hydrogen) atoms. The van der Waals surface area contributed by atoms with Crippen LogP contribution in [-0.2, 0) is 16.1 Å². The molecule has 1 aliphatic rings. The zero-order valence-corrected chi connectivity index (χ0v) is 11.3. The van der Waals surface area contributed by atoms with Crippen molar-refractivity contribution in [2.45, 2.75) is 26.3 Å². The van der Waals surface area contributed by atoms with Gasteiger partial charge in [0.1, 0.15) is 5.75 Å². The van der Waals surface area contributed by atoms with Crippen molar-refractivity contribution in [2.24, 2.45) is 5.92 Å². The number of phenolic OH excluding ortho intramolecular Hbond substituents is 1. The highest BCUT2D eigenvalue weighted by Crippen LogP contribution is 2.23. The number of ether oxygens (including phenoxy) is 1. The number of aromatic hydroxyl groups is 1. The van der Waals surface area contributed by atoms with Gasteiger partial charge in [-0.1, -0.05) is 18.2 Å². The van der Waals surface area contributed by atoms with Crippen LogP contribution in [0, 0.1) is 5.92 Å². The summed E-state index contributed by atoms with van der Waals surface area (Å²) >= 11 is 0. The van der Waals surface area contributed by atoms with Gasteiger partial charge in [-0.15, -0.1) is 0 Å². The van der Waals surface area contributed by atoms with Crippen molar-refractivity contribution < 1.29 is 14.6 Å². The van der Waals surface area contributed by atoms with Crippen LogP contribution in [0.25, 0.3) is 0 Å². The predicted molar refractivity (Wildman–Crippen MR) is 72.7 cm³/mol. The number of piperidine rings is 1. The summed E-state index contributed by atoms with van der Waals surface area (Å²) < 4.78 is 5.09. The van der Waals surface area contributed by atoms with Crippen molar-refractivity contribution in [1.82, 2.24) is 4.90 Å². The fourth-order valence-electron chi connectivity index (χ4n) is 2.54. The lowest BCUT2D eigenvalue weighted by Gasteiger charge is -2.31. The van der Waals surface area contributed by atoms with Crippen LogP contribution in [0.15, 0.2) is 24.3 Å². The Kier molecular flexibility index (Phi) is 4.80. The molecule has 1 aliphatic heterocycles. The molecule has 1 heterocycles. The number of nitrogens with zero attached hydrogens (tertiary/aromatic N) is 1. The van der Waals surface area contributed by atoms with Crippen LogP contribution in [0.2, 0.25) is 0 Å². The Morgan fingerprint density at radius 1 is 1.47 bits per heavy atom. The van der Waals surface area contributed by atoms with E-state index in [1.807, 2.05) is 25.1 Å². The van der Waals surface area contributed by atoms with E-state index in [0.717, 1.165) is 24.9 Å². The molecular formula is C15H21NO3. The summed E-state index contributed by atoms with van der Waals surface area (Å²) in [5.74, 6) is 0.199. The lowest BCUT2D eigenvalue weighted by Crippen LogP contribution is -2.38. The van der Waals surface area contributed by atoms with Crippen LogP contribution in [-0.4, -0.2) is 35.7 Å². The molecule has 1 atom stereocenters. The summed E-state index contributed by atoms with van der Waals surface area (Å²) in [5, 5.41) is 9.78. The van der Waals surface area contributed by atoms with Crippen molar-refractivity contribution in [2.75, 3.05) is 19.7 Å². The van der Waals surface area contributed by atoms with Crippen molar-refractivity contribution >= 4 is 5.97 Å².